The molecular weight excluding hydrogens is 218 g/mol. The lowest BCUT2D eigenvalue weighted by atomic mass is 10.1. The minimum atomic E-state index is 0.115. The summed E-state index contributed by atoms with van der Waals surface area (Å²) in [7, 11) is 0. The summed E-state index contributed by atoms with van der Waals surface area (Å²) in [6.07, 6.45) is 5.46. The molecule has 0 N–H and O–H groups in total. The second-order valence-electron chi connectivity index (χ2n) is 3.75. The van der Waals surface area contributed by atoms with Crippen LogP contribution in [0.3, 0.4) is 0 Å². The molecule has 0 radical (unpaired) electrons. The van der Waals surface area contributed by atoms with Crippen LogP contribution in [0.2, 0.25) is 0 Å². The van der Waals surface area contributed by atoms with Crippen LogP contribution >= 0.6 is 0 Å². The highest BCUT2D eigenvalue weighted by atomic mass is 16.7. The molecule has 1 aliphatic heterocycles. The van der Waals surface area contributed by atoms with E-state index in [9.17, 15) is 0 Å². The van der Waals surface area contributed by atoms with Crippen molar-refractivity contribution in [1.29, 1.82) is 0 Å². The maximum absolute atomic E-state index is 5.46. The molecule has 0 spiro atoms. The number of oxime groups is 1. The zero-order chi connectivity index (χ0) is 12.7. The van der Waals surface area contributed by atoms with Gasteiger partial charge in [-0.05, 0) is 5.92 Å². The van der Waals surface area contributed by atoms with Gasteiger partial charge in [-0.2, -0.15) is 0 Å². The summed E-state index contributed by atoms with van der Waals surface area (Å²) in [5, 5.41) is 3.87. The summed E-state index contributed by atoms with van der Waals surface area (Å²) < 4.78 is 5.46. The molecule has 94 valence electrons. The highest BCUT2D eigenvalue weighted by molar-refractivity contribution is 5.79. The number of rotatable bonds is 2. The van der Waals surface area contributed by atoms with E-state index in [0.29, 0.717) is 24.0 Å². The molecule has 1 aromatic rings. The molecule has 0 saturated carbocycles. The lowest BCUT2D eigenvalue weighted by Crippen LogP contribution is -2.17. The largest absolute Gasteiger partial charge is 0.436 e. The Morgan fingerprint density at radius 3 is 2.47 bits per heavy atom. The molecule has 1 atom stereocenters. The minimum absolute atomic E-state index is 0.115. The summed E-state index contributed by atoms with van der Waals surface area (Å²) in [5.74, 6) is 1.61. The number of hydrogen-bond donors (Lipinski definition) is 0. The topological polar surface area (TPSA) is 56.6 Å². The molecule has 0 bridgehead atoms. The lowest BCUT2D eigenvalue weighted by molar-refractivity contribution is 0.0520. The van der Waals surface area contributed by atoms with Crippen LogP contribution in [0.1, 0.15) is 34.1 Å². The highest BCUT2D eigenvalue weighted by Gasteiger charge is 2.25. The van der Waals surface area contributed by atoms with Gasteiger partial charge in [-0.25, -0.2) is 9.97 Å². The van der Waals surface area contributed by atoms with Crippen LogP contribution in [0.4, 0.5) is 0 Å². The van der Waals surface area contributed by atoms with Gasteiger partial charge >= 0.3 is 0 Å². The molecule has 0 saturated heterocycles. The smallest absolute Gasteiger partial charge is 0.235 e. The van der Waals surface area contributed by atoms with E-state index in [1.54, 1.807) is 12.4 Å². The van der Waals surface area contributed by atoms with Gasteiger partial charge in [0.25, 0.3) is 0 Å². The molecule has 1 aromatic heterocycles. The third-order valence-corrected chi connectivity index (χ3v) is 2.18. The van der Waals surface area contributed by atoms with Gasteiger partial charge in [-0.3, -0.25) is 0 Å². The van der Waals surface area contributed by atoms with Crippen LogP contribution in [0, 0.1) is 5.92 Å². The molecule has 5 nitrogen and oxygen atoms in total. The summed E-state index contributed by atoms with van der Waals surface area (Å²) >= 11 is 0. The quantitative estimate of drug-likeness (QED) is 0.793. The molecule has 17 heavy (non-hydrogen) atoms. The first-order chi connectivity index (χ1) is 8.25. The molecule has 0 fully saturated rings. The van der Waals surface area contributed by atoms with Gasteiger partial charge in [0.2, 0.25) is 5.90 Å². The van der Waals surface area contributed by atoms with Crippen molar-refractivity contribution in [2.24, 2.45) is 11.1 Å². The van der Waals surface area contributed by atoms with Crippen molar-refractivity contribution in [3.63, 3.8) is 0 Å². The predicted molar refractivity (Wildman–Crippen MR) is 65.8 cm³/mol. The van der Waals surface area contributed by atoms with Crippen LogP contribution in [0.5, 0.6) is 5.75 Å². The van der Waals surface area contributed by atoms with Crippen LogP contribution in [-0.4, -0.2) is 22.0 Å². The Balaban J connectivity index is 0.000000686. The van der Waals surface area contributed by atoms with Crippen molar-refractivity contribution in [2.75, 3.05) is 0 Å². The van der Waals surface area contributed by atoms with Gasteiger partial charge in [0.1, 0.15) is 12.4 Å². The molecule has 1 aliphatic rings. The molecular formula is C12H19N3O2. The first-order valence-electron chi connectivity index (χ1n) is 5.91. The van der Waals surface area contributed by atoms with Crippen LogP contribution in [0.15, 0.2) is 23.9 Å². The Kier molecular flexibility index (Phi) is 5.39. The Morgan fingerprint density at radius 2 is 1.94 bits per heavy atom. The van der Waals surface area contributed by atoms with Crippen molar-refractivity contribution < 1.29 is 9.57 Å². The van der Waals surface area contributed by atoms with Crippen molar-refractivity contribution in [3.8, 4) is 5.75 Å². The van der Waals surface area contributed by atoms with E-state index in [4.69, 9.17) is 9.57 Å². The Labute approximate surface area is 102 Å². The van der Waals surface area contributed by atoms with Gasteiger partial charge in [-0.15, -0.1) is 0 Å². The first kappa shape index (κ1) is 13.4. The number of nitrogens with zero attached hydrogens (tertiary/aromatic N) is 3. The average molecular weight is 237 g/mol. The molecule has 0 aromatic carbocycles. The first-order valence-corrected chi connectivity index (χ1v) is 5.91. The zero-order valence-electron chi connectivity index (χ0n) is 10.8. The third kappa shape index (κ3) is 4.01. The van der Waals surface area contributed by atoms with E-state index in [1.165, 1.54) is 6.33 Å². The Morgan fingerprint density at radius 1 is 1.29 bits per heavy atom. The molecule has 0 aliphatic carbocycles. The Hall–Kier alpha value is -1.65. The SMILES string of the molecule is CC.CC(C)C1CC(Oc2cncnc2)=NO1. The van der Waals surface area contributed by atoms with Crippen molar-refractivity contribution >= 4 is 5.90 Å². The monoisotopic (exact) mass is 237 g/mol. The highest BCUT2D eigenvalue weighted by Crippen LogP contribution is 2.19. The molecule has 1 unspecified atom stereocenters. The second-order valence-corrected chi connectivity index (χ2v) is 3.75. The van der Waals surface area contributed by atoms with Crippen molar-refractivity contribution in [1.82, 2.24) is 9.97 Å². The van der Waals surface area contributed by atoms with Crippen LogP contribution in [0.25, 0.3) is 0 Å². The number of aromatic nitrogens is 2. The van der Waals surface area contributed by atoms with Crippen molar-refractivity contribution in [3.05, 3.63) is 18.7 Å². The maximum Gasteiger partial charge on any atom is 0.235 e. The molecule has 2 rings (SSSR count). The molecule has 0 amide bonds. The van der Waals surface area contributed by atoms with Gasteiger partial charge in [0.15, 0.2) is 5.75 Å². The lowest BCUT2D eigenvalue weighted by Gasteiger charge is -2.10. The fourth-order valence-corrected chi connectivity index (χ4v) is 1.26. The van der Waals surface area contributed by atoms with Crippen LogP contribution < -0.4 is 4.74 Å². The number of hydrogen-bond acceptors (Lipinski definition) is 5. The van der Waals surface area contributed by atoms with E-state index < -0.39 is 0 Å². The third-order valence-electron chi connectivity index (χ3n) is 2.18. The Bertz CT molecular complexity index is 352. The van der Waals surface area contributed by atoms with E-state index in [2.05, 4.69) is 29.0 Å². The fraction of sp³-hybridized carbons (Fsp3) is 0.583. The van der Waals surface area contributed by atoms with Crippen molar-refractivity contribution in [2.45, 2.75) is 40.2 Å². The van der Waals surface area contributed by atoms with Gasteiger partial charge in [-0.1, -0.05) is 32.9 Å². The molecule has 2 heterocycles. The average Bonchev–Trinajstić information content (AvgIpc) is 2.82. The minimum Gasteiger partial charge on any atom is -0.436 e. The van der Waals surface area contributed by atoms with Gasteiger partial charge in [0, 0.05) is 0 Å². The van der Waals surface area contributed by atoms with E-state index in [1.807, 2.05) is 13.8 Å². The van der Waals surface area contributed by atoms with Gasteiger partial charge in [0.05, 0.1) is 18.8 Å². The fourth-order valence-electron chi connectivity index (χ4n) is 1.26. The normalized spacial score (nSPS) is 17.9. The van der Waals surface area contributed by atoms with E-state index in [-0.39, 0.29) is 6.10 Å². The van der Waals surface area contributed by atoms with E-state index >= 15 is 0 Å². The summed E-state index contributed by atoms with van der Waals surface area (Å²) in [5.41, 5.74) is 0. The summed E-state index contributed by atoms with van der Waals surface area (Å²) in [6.45, 7) is 8.18. The zero-order valence-corrected chi connectivity index (χ0v) is 10.8. The standard InChI is InChI=1S/C10H13N3O2.C2H6/c1-7(2)9-3-10(13-15-9)14-8-4-11-6-12-5-8;1-2/h4-7,9H,3H2,1-2H3;1-2H3. The summed E-state index contributed by atoms with van der Waals surface area (Å²) in [6, 6.07) is 0. The molecule has 5 heteroatoms. The predicted octanol–water partition coefficient (Wildman–Crippen LogP) is 2.64. The second kappa shape index (κ2) is 6.83. The van der Waals surface area contributed by atoms with E-state index in [0.717, 1.165) is 0 Å². The van der Waals surface area contributed by atoms with Crippen LogP contribution in [-0.2, 0) is 4.84 Å². The van der Waals surface area contributed by atoms with Gasteiger partial charge < -0.3 is 9.57 Å². The summed E-state index contributed by atoms with van der Waals surface area (Å²) in [4.78, 5) is 12.9. The number of ether oxygens (including phenoxy) is 1. The maximum atomic E-state index is 5.46.